The summed E-state index contributed by atoms with van der Waals surface area (Å²) in [4.78, 5) is 12.3. The van der Waals surface area contributed by atoms with Gasteiger partial charge in [0.15, 0.2) is 9.84 Å². The number of aromatic nitrogens is 2. The molecule has 1 heterocycles. The van der Waals surface area contributed by atoms with Crippen LogP contribution in [0.25, 0.3) is 0 Å². The van der Waals surface area contributed by atoms with Crippen LogP contribution < -0.4 is 10.6 Å². The van der Waals surface area contributed by atoms with E-state index in [0.717, 1.165) is 18.0 Å². The van der Waals surface area contributed by atoms with Crippen LogP contribution in [0.5, 0.6) is 0 Å². The van der Waals surface area contributed by atoms with Crippen molar-refractivity contribution in [2.45, 2.75) is 25.5 Å². The summed E-state index contributed by atoms with van der Waals surface area (Å²) in [6.07, 6.45) is 2.77. The number of hydrogen-bond donors (Lipinski definition) is 2. The fourth-order valence-corrected chi connectivity index (χ4v) is 3.69. The lowest BCUT2D eigenvalue weighted by Crippen LogP contribution is -2.34. The molecule has 0 unspecified atom stereocenters. The van der Waals surface area contributed by atoms with Gasteiger partial charge in [0, 0.05) is 43.3 Å². The minimum absolute atomic E-state index is 0.0620. The molecule has 1 atom stereocenters. The van der Waals surface area contributed by atoms with E-state index in [4.69, 9.17) is 0 Å². The van der Waals surface area contributed by atoms with Crippen molar-refractivity contribution in [3.8, 4) is 0 Å². The number of anilines is 1. The number of rotatable bonds is 7. The van der Waals surface area contributed by atoms with E-state index in [9.17, 15) is 17.6 Å². The zero-order chi connectivity index (χ0) is 20.2. The third-order valence-electron chi connectivity index (χ3n) is 4.26. The normalized spacial score (nSPS) is 12.8. The van der Waals surface area contributed by atoms with Crippen molar-refractivity contribution in [2.24, 2.45) is 13.0 Å². The highest BCUT2D eigenvalue weighted by atomic mass is 32.2. The van der Waals surface area contributed by atoms with Crippen LogP contribution in [0.15, 0.2) is 30.5 Å². The number of hydrogen-bond acceptors (Lipinski definition) is 4. The van der Waals surface area contributed by atoms with Gasteiger partial charge in [0.05, 0.1) is 5.75 Å². The molecule has 0 saturated heterocycles. The average molecular weight is 396 g/mol. The molecular weight excluding hydrogens is 371 g/mol. The Hall–Kier alpha value is -2.42. The predicted octanol–water partition coefficient (Wildman–Crippen LogP) is 2.67. The SMILES string of the molecule is CC(C)[C@H](CNC(=O)Nc1ccc(F)cc1CS(C)(=O)=O)c1ccnn1C. The van der Waals surface area contributed by atoms with Crippen LogP contribution in [0.4, 0.5) is 14.9 Å². The van der Waals surface area contributed by atoms with Gasteiger partial charge in [-0.15, -0.1) is 0 Å². The van der Waals surface area contributed by atoms with E-state index in [1.807, 2.05) is 13.1 Å². The molecule has 7 nitrogen and oxygen atoms in total. The largest absolute Gasteiger partial charge is 0.337 e. The van der Waals surface area contributed by atoms with E-state index >= 15 is 0 Å². The lowest BCUT2D eigenvalue weighted by Gasteiger charge is -2.22. The molecule has 148 valence electrons. The Bertz CT molecular complexity index is 909. The van der Waals surface area contributed by atoms with Gasteiger partial charge in [-0.25, -0.2) is 17.6 Å². The molecule has 0 bridgehead atoms. The summed E-state index contributed by atoms with van der Waals surface area (Å²) in [6, 6.07) is 5.08. The van der Waals surface area contributed by atoms with Crippen molar-refractivity contribution < 1.29 is 17.6 Å². The fraction of sp³-hybridized carbons (Fsp3) is 0.444. The molecule has 0 aliphatic rings. The number of nitrogens with zero attached hydrogens (tertiary/aromatic N) is 2. The monoisotopic (exact) mass is 396 g/mol. The van der Waals surface area contributed by atoms with Crippen LogP contribution >= 0.6 is 0 Å². The van der Waals surface area contributed by atoms with E-state index in [0.29, 0.717) is 6.54 Å². The molecule has 0 radical (unpaired) electrons. The van der Waals surface area contributed by atoms with Crippen molar-refractivity contribution >= 4 is 21.6 Å². The zero-order valence-electron chi connectivity index (χ0n) is 15.9. The quantitative estimate of drug-likeness (QED) is 0.752. The third kappa shape index (κ3) is 6.06. The second-order valence-corrected chi connectivity index (χ2v) is 9.08. The minimum atomic E-state index is -3.37. The number of nitrogens with one attached hydrogen (secondary N) is 2. The van der Waals surface area contributed by atoms with E-state index in [2.05, 4.69) is 29.6 Å². The van der Waals surface area contributed by atoms with E-state index in [1.165, 1.54) is 12.1 Å². The lowest BCUT2D eigenvalue weighted by molar-refractivity contribution is 0.250. The summed E-state index contributed by atoms with van der Waals surface area (Å²) < 4.78 is 38.3. The van der Waals surface area contributed by atoms with E-state index in [-0.39, 0.29) is 28.8 Å². The molecule has 0 fully saturated rings. The maximum absolute atomic E-state index is 13.5. The molecule has 0 aliphatic heterocycles. The number of halogens is 1. The molecule has 27 heavy (non-hydrogen) atoms. The van der Waals surface area contributed by atoms with Gasteiger partial charge in [-0.2, -0.15) is 5.10 Å². The van der Waals surface area contributed by atoms with Crippen molar-refractivity contribution in [2.75, 3.05) is 18.1 Å². The molecule has 1 aromatic carbocycles. The molecule has 0 aliphatic carbocycles. The second kappa shape index (κ2) is 8.51. The van der Waals surface area contributed by atoms with Crippen molar-refractivity contribution in [3.63, 3.8) is 0 Å². The first-order valence-electron chi connectivity index (χ1n) is 8.55. The second-order valence-electron chi connectivity index (χ2n) is 6.94. The number of benzene rings is 1. The highest BCUT2D eigenvalue weighted by molar-refractivity contribution is 7.89. The summed E-state index contributed by atoms with van der Waals surface area (Å²) in [7, 11) is -1.52. The van der Waals surface area contributed by atoms with Crippen LogP contribution in [-0.2, 0) is 22.6 Å². The lowest BCUT2D eigenvalue weighted by atomic mass is 9.92. The Morgan fingerprint density at radius 1 is 1.30 bits per heavy atom. The van der Waals surface area contributed by atoms with Crippen molar-refractivity contribution in [1.82, 2.24) is 15.1 Å². The summed E-state index contributed by atoms with van der Waals surface area (Å²) in [5.74, 6) is -0.584. The standard InChI is InChI=1S/C18H25FN4O3S/c1-12(2)15(17-7-8-21-23(17)3)10-20-18(24)22-16-6-5-14(19)9-13(16)11-27(4,25)26/h5-9,12,15H,10-11H2,1-4H3,(H2,20,22,24)/t15-/m0/s1. The Morgan fingerprint density at radius 2 is 2.00 bits per heavy atom. The van der Waals surface area contributed by atoms with Crippen LogP contribution in [0.2, 0.25) is 0 Å². The number of aryl methyl sites for hydroxylation is 1. The topological polar surface area (TPSA) is 93.1 Å². The molecule has 9 heteroatoms. The van der Waals surface area contributed by atoms with Crippen LogP contribution in [0.3, 0.4) is 0 Å². The molecular formula is C18H25FN4O3S. The minimum Gasteiger partial charge on any atom is -0.337 e. The molecule has 2 aromatic rings. The Kier molecular flexibility index (Phi) is 6.59. The summed E-state index contributed by atoms with van der Waals surface area (Å²) >= 11 is 0. The molecule has 2 amide bonds. The predicted molar refractivity (Wildman–Crippen MR) is 103 cm³/mol. The van der Waals surface area contributed by atoms with Gasteiger partial charge < -0.3 is 10.6 Å². The highest BCUT2D eigenvalue weighted by Gasteiger charge is 2.20. The van der Waals surface area contributed by atoms with Gasteiger partial charge in [-0.1, -0.05) is 13.8 Å². The Balaban J connectivity index is 2.08. The number of amides is 2. The van der Waals surface area contributed by atoms with Gasteiger partial charge >= 0.3 is 6.03 Å². The maximum atomic E-state index is 13.5. The van der Waals surface area contributed by atoms with Crippen LogP contribution in [-0.4, -0.2) is 37.0 Å². The maximum Gasteiger partial charge on any atom is 0.319 e. The number of carbonyl (C=O) groups excluding carboxylic acids is 1. The Morgan fingerprint density at radius 3 is 2.56 bits per heavy atom. The van der Waals surface area contributed by atoms with E-state index < -0.39 is 21.7 Å². The van der Waals surface area contributed by atoms with Crippen molar-refractivity contribution in [1.29, 1.82) is 0 Å². The smallest absolute Gasteiger partial charge is 0.319 e. The van der Waals surface area contributed by atoms with Gasteiger partial charge in [0.1, 0.15) is 5.82 Å². The molecule has 2 N–H and O–H groups in total. The van der Waals surface area contributed by atoms with Crippen LogP contribution in [0, 0.1) is 11.7 Å². The first-order chi connectivity index (χ1) is 12.6. The third-order valence-corrected chi connectivity index (χ3v) is 5.09. The number of urea groups is 1. The summed E-state index contributed by atoms with van der Waals surface area (Å²) in [5, 5.41) is 9.57. The first-order valence-corrected chi connectivity index (χ1v) is 10.6. The van der Waals surface area contributed by atoms with Gasteiger partial charge in [-0.3, -0.25) is 4.68 Å². The first kappa shape index (κ1) is 20.9. The Labute approximate surface area is 158 Å². The summed E-state index contributed by atoms with van der Waals surface area (Å²) in [5.41, 5.74) is 1.48. The number of sulfone groups is 1. The van der Waals surface area contributed by atoms with Gasteiger partial charge in [-0.05, 0) is 35.7 Å². The molecule has 0 saturated carbocycles. The molecule has 2 rings (SSSR count). The van der Waals surface area contributed by atoms with Gasteiger partial charge in [0.2, 0.25) is 0 Å². The molecule has 0 spiro atoms. The van der Waals surface area contributed by atoms with Crippen LogP contribution in [0.1, 0.15) is 31.0 Å². The van der Waals surface area contributed by atoms with E-state index in [1.54, 1.807) is 10.9 Å². The summed E-state index contributed by atoms with van der Waals surface area (Å²) in [6.45, 7) is 4.49. The fourth-order valence-electron chi connectivity index (χ4n) is 2.88. The van der Waals surface area contributed by atoms with Gasteiger partial charge in [0.25, 0.3) is 0 Å². The average Bonchev–Trinajstić information content (AvgIpc) is 2.94. The highest BCUT2D eigenvalue weighted by Crippen LogP contribution is 2.23. The molecule has 1 aromatic heterocycles. The number of carbonyl (C=O) groups is 1. The zero-order valence-corrected chi connectivity index (χ0v) is 16.7. The van der Waals surface area contributed by atoms with Crippen molar-refractivity contribution in [3.05, 3.63) is 47.5 Å².